The lowest BCUT2D eigenvalue weighted by atomic mass is 10.4. The maximum atomic E-state index is 5.49. The van der Waals surface area contributed by atoms with Crippen molar-refractivity contribution in [2.75, 3.05) is 0 Å². The Morgan fingerprint density at radius 1 is 1.47 bits per heavy atom. The predicted octanol–water partition coefficient (Wildman–Crippen LogP) is 2.64. The van der Waals surface area contributed by atoms with Gasteiger partial charge < -0.3 is 4.74 Å². The van der Waals surface area contributed by atoms with Gasteiger partial charge in [-0.2, -0.15) is 0 Å². The standard InChI is InChI=1S/C12H14N2O/c1-3-6-11(7-4-2)15-10-12-13-8-5-9-14-12/h3-9H,1,10H2,2H3/b7-4-,11-6+. The van der Waals surface area contributed by atoms with Crippen LogP contribution < -0.4 is 0 Å². The maximum Gasteiger partial charge on any atom is 0.166 e. The van der Waals surface area contributed by atoms with Crippen LogP contribution in [0.5, 0.6) is 0 Å². The number of hydrogen-bond acceptors (Lipinski definition) is 3. The smallest absolute Gasteiger partial charge is 0.166 e. The Kier molecular flexibility index (Phi) is 4.87. The molecule has 0 aromatic carbocycles. The molecule has 1 rings (SSSR count). The van der Waals surface area contributed by atoms with E-state index in [0.717, 1.165) is 5.76 Å². The minimum atomic E-state index is 0.366. The van der Waals surface area contributed by atoms with Crippen LogP contribution in [0.2, 0.25) is 0 Å². The molecule has 78 valence electrons. The highest BCUT2D eigenvalue weighted by Crippen LogP contribution is 2.03. The lowest BCUT2D eigenvalue weighted by Gasteiger charge is -2.04. The van der Waals surface area contributed by atoms with Gasteiger partial charge in [-0.15, -0.1) is 0 Å². The van der Waals surface area contributed by atoms with Crippen molar-refractivity contribution in [3.05, 3.63) is 60.9 Å². The Morgan fingerprint density at radius 3 is 2.80 bits per heavy atom. The van der Waals surface area contributed by atoms with Gasteiger partial charge in [0.05, 0.1) is 0 Å². The summed E-state index contributed by atoms with van der Waals surface area (Å²) in [5.41, 5.74) is 0. The van der Waals surface area contributed by atoms with Crippen LogP contribution in [-0.4, -0.2) is 9.97 Å². The van der Waals surface area contributed by atoms with Gasteiger partial charge in [0.2, 0.25) is 0 Å². The first-order valence-electron chi connectivity index (χ1n) is 4.71. The molecule has 0 fully saturated rings. The molecule has 0 N–H and O–H groups in total. The van der Waals surface area contributed by atoms with E-state index in [0.29, 0.717) is 12.4 Å². The van der Waals surface area contributed by atoms with Crippen molar-refractivity contribution in [3.63, 3.8) is 0 Å². The number of aromatic nitrogens is 2. The molecule has 0 unspecified atom stereocenters. The molecule has 0 aliphatic rings. The van der Waals surface area contributed by atoms with Crippen LogP contribution in [0.1, 0.15) is 12.7 Å². The Hall–Kier alpha value is -1.90. The molecule has 0 spiro atoms. The summed E-state index contributed by atoms with van der Waals surface area (Å²) in [6.07, 6.45) is 10.6. The van der Waals surface area contributed by atoms with E-state index in [9.17, 15) is 0 Å². The van der Waals surface area contributed by atoms with Crippen LogP contribution in [0.15, 0.2) is 55.1 Å². The van der Waals surface area contributed by atoms with Crippen LogP contribution in [0.3, 0.4) is 0 Å². The van der Waals surface area contributed by atoms with E-state index in [2.05, 4.69) is 16.5 Å². The van der Waals surface area contributed by atoms with Crippen molar-refractivity contribution in [1.82, 2.24) is 9.97 Å². The zero-order valence-corrected chi connectivity index (χ0v) is 8.76. The molecule has 0 atom stereocenters. The van der Waals surface area contributed by atoms with E-state index < -0.39 is 0 Å². The predicted molar refractivity (Wildman–Crippen MR) is 59.9 cm³/mol. The third kappa shape index (κ3) is 4.22. The van der Waals surface area contributed by atoms with E-state index in [-0.39, 0.29) is 0 Å². The maximum absolute atomic E-state index is 5.49. The van der Waals surface area contributed by atoms with Gasteiger partial charge in [0.15, 0.2) is 5.82 Å². The Bertz CT molecular complexity index is 355. The van der Waals surface area contributed by atoms with Gasteiger partial charge in [-0.3, -0.25) is 0 Å². The second kappa shape index (κ2) is 6.54. The molecule has 0 saturated carbocycles. The Morgan fingerprint density at radius 2 is 2.20 bits per heavy atom. The molecule has 0 aliphatic heterocycles. The fourth-order valence-electron chi connectivity index (χ4n) is 0.985. The molecule has 1 aromatic rings. The summed E-state index contributed by atoms with van der Waals surface area (Å²) in [6.45, 7) is 5.91. The molecular weight excluding hydrogens is 188 g/mol. The topological polar surface area (TPSA) is 35.0 Å². The van der Waals surface area contributed by atoms with Gasteiger partial charge in [-0.25, -0.2) is 9.97 Å². The molecule has 3 heteroatoms. The Labute approximate surface area is 89.8 Å². The fourth-order valence-corrected chi connectivity index (χ4v) is 0.985. The van der Waals surface area contributed by atoms with Crippen LogP contribution >= 0.6 is 0 Å². The quantitative estimate of drug-likeness (QED) is 0.544. The third-order valence-corrected chi connectivity index (χ3v) is 1.60. The zero-order chi connectivity index (χ0) is 10.9. The van der Waals surface area contributed by atoms with Crippen LogP contribution in [0, 0.1) is 0 Å². The first-order valence-corrected chi connectivity index (χ1v) is 4.71. The lowest BCUT2D eigenvalue weighted by molar-refractivity contribution is 0.203. The highest BCUT2D eigenvalue weighted by molar-refractivity contribution is 5.16. The SMILES string of the molecule is C=C/C=C(\C=C/C)OCc1ncccn1. The van der Waals surface area contributed by atoms with E-state index in [1.165, 1.54) is 0 Å². The van der Waals surface area contributed by atoms with Gasteiger partial charge in [0.1, 0.15) is 12.4 Å². The van der Waals surface area contributed by atoms with Crippen molar-refractivity contribution >= 4 is 0 Å². The number of ether oxygens (including phenoxy) is 1. The van der Waals surface area contributed by atoms with Crippen molar-refractivity contribution in [2.45, 2.75) is 13.5 Å². The highest BCUT2D eigenvalue weighted by Gasteiger charge is 1.96. The number of allylic oxidation sites excluding steroid dienone is 4. The summed E-state index contributed by atoms with van der Waals surface area (Å²) in [7, 11) is 0. The molecule has 0 amide bonds. The second-order valence-electron chi connectivity index (χ2n) is 2.76. The molecule has 0 radical (unpaired) electrons. The monoisotopic (exact) mass is 202 g/mol. The summed E-state index contributed by atoms with van der Waals surface area (Å²) < 4.78 is 5.49. The molecule has 3 nitrogen and oxygen atoms in total. The second-order valence-corrected chi connectivity index (χ2v) is 2.76. The van der Waals surface area contributed by atoms with E-state index in [4.69, 9.17) is 4.74 Å². The number of hydrogen-bond donors (Lipinski definition) is 0. The Balaban J connectivity index is 2.55. The normalized spacial score (nSPS) is 11.7. The van der Waals surface area contributed by atoms with Crippen molar-refractivity contribution in [3.8, 4) is 0 Å². The van der Waals surface area contributed by atoms with Gasteiger partial charge in [0.25, 0.3) is 0 Å². The van der Waals surface area contributed by atoms with E-state index in [1.54, 1.807) is 30.6 Å². The molecule has 1 heterocycles. The van der Waals surface area contributed by atoms with E-state index in [1.807, 2.05) is 19.1 Å². The molecule has 0 saturated heterocycles. The average molecular weight is 202 g/mol. The van der Waals surface area contributed by atoms with Crippen LogP contribution in [0.25, 0.3) is 0 Å². The molecule has 1 aromatic heterocycles. The summed E-state index contributed by atoms with van der Waals surface area (Å²) in [6, 6.07) is 1.77. The van der Waals surface area contributed by atoms with Gasteiger partial charge in [-0.05, 0) is 25.1 Å². The van der Waals surface area contributed by atoms with Crippen molar-refractivity contribution in [1.29, 1.82) is 0 Å². The molecular formula is C12H14N2O. The van der Waals surface area contributed by atoms with Gasteiger partial charge >= 0.3 is 0 Å². The summed E-state index contributed by atoms with van der Waals surface area (Å²) >= 11 is 0. The molecule has 15 heavy (non-hydrogen) atoms. The largest absolute Gasteiger partial charge is 0.486 e. The summed E-state index contributed by atoms with van der Waals surface area (Å²) in [5, 5.41) is 0. The number of nitrogens with zero attached hydrogens (tertiary/aromatic N) is 2. The summed E-state index contributed by atoms with van der Waals surface area (Å²) in [4.78, 5) is 8.12. The third-order valence-electron chi connectivity index (χ3n) is 1.60. The molecule has 0 bridgehead atoms. The summed E-state index contributed by atoms with van der Waals surface area (Å²) in [5.74, 6) is 1.41. The highest BCUT2D eigenvalue weighted by atomic mass is 16.5. The van der Waals surface area contributed by atoms with Crippen LogP contribution in [-0.2, 0) is 11.3 Å². The lowest BCUT2D eigenvalue weighted by Crippen LogP contribution is -1.97. The number of rotatable bonds is 5. The first-order chi connectivity index (χ1) is 7.36. The van der Waals surface area contributed by atoms with E-state index >= 15 is 0 Å². The first kappa shape index (κ1) is 11.2. The zero-order valence-electron chi connectivity index (χ0n) is 8.76. The average Bonchev–Trinajstić information content (AvgIpc) is 2.28. The minimum absolute atomic E-state index is 0.366. The van der Waals surface area contributed by atoms with Crippen molar-refractivity contribution in [2.24, 2.45) is 0 Å². The van der Waals surface area contributed by atoms with Gasteiger partial charge in [-0.1, -0.05) is 18.7 Å². The van der Waals surface area contributed by atoms with Crippen LogP contribution in [0.4, 0.5) is 0 Å². The minimum Gasteiger partial charge on any atom is -0.486 e. The van der Waals surface area contributed by atoms with Gasteiger partial charge in [0, 0.05) is 12.4 Å². The van der Waals surface area contributed by atoms with Crippen molar-refractivity contribution < 1.29 is 4.74 Å². The molecule has 0 aliphatic carbocycles. The fraction of sp³-hybridized carbons (Fsp3) is 0.167.